The summed E-state index contributed by atoms with van der Waals surface area (Å²) in [6.07, 6.45) is 3.13. The first kappa shape index (κ1) is 23.7. The lowest BCUT2D eigenvalue weighted by Gasteiger charge is -2.40. The van der Waals surface area contributed by atoms with Gasteiger partial charge in [-0.25, -0.2) is 14.2 Å². The first-order valence-corrected chi connectivity index (χ1v) is 11.9. The minimum atomic E-state index is -0.542. The number of rotatable bonds is 8. The van der Waals surface area contributed by atoms with Gasteiger partial charge in [-0.1, -0.05) is 12.1 Å². The molecule has 2 aliphatic rings. The van der Waals surface area contributed by atoms with E-state index >= 15 is 0 Å². The number of carbonyl (C=O) groups excluding carboxylic acids is 2. The van der Waals surface area contributed by atoms with E-state index in [9.17, 15) is 19.5 Å². The molecule has 0 aliphatic carbocycles. The van der Waals surface area contributed by atoms with Crippen LogP contribution in [0.1, 0.15) is 52.5 Å². The molecular weight excluding hydrogens is 422 g/mol. The maximum Gasteiger partial charge on any atom is 0.337 e. The number of carbonyl (C=O) groups is 2. The van der Waals surface area contributed by atoms with E-state index < -0.39 is 6.10 Å². The average molecular weight is 458 g/mol. The summed E-state index contributed by atoms with van der Waals surface area (Å²) in [4.78, 5) is 39.7. The number of Topliss-reactive ketones (excluding diaryl/α,β-unsaturated/α-hetero) is 1. The van der Waals surface area contributed by atoms with Crippen LogP contribution in [0.2, 0.25) is 0 Å². The summed E-state index contributed by atoms with van der Waals surface area (Å²) in [7, 11) is 0. The van der Waals surface area contributed by atoms with Gasteiger partial charge in [-0.05, 0) is 58.6 Å². The molecule has 1 aromatic heterocycles. The smallest absolute Gasteiger partial charge is 0.337 e. The van der Waals surface area contributed by atoms with Gasteiger partial charge in [0.1, 0.15) is 5.78 Å². The SMILES string of the molecule is CC(=O)CNC[C@@H](O)CN1C2CCC1CC(NC(=O)n1c(=O)n(C(C)C)c3ccccc31)C2. The van der Waals surface area contributed by atoms with E-state index in [1.54, 1.807) is 4.57 Å². The van der Waals surface area contributed by atoms with E-state index in [4.69, 9.17) is 0 Å². The first-order chi connectivity index (χ1) is 15.8. The van der Waals surface area contributed by atoms with E-state index in [2.05, 4.69) is 15.5 Å². The Kier molecular flexibility index (Phi) is 7.02. The summed E-state index contributed by atoms with van der Waals surface area (Å²) >= 11 is 0. The number of fused-ring (bicyclic) bond motifs is 3. The van der Waals surface area contributed by atoms with Crippen LogP contribution in [0.4, 0.5) is 4.79 Å². The van der Waals surface area contributed by atoms with Gasteiger partial charge in [0, 0.05) is 37.3 Å². The van der Waals surface area contributed by atoms with Crippen molar-refractivity contribution in [1.82, 2.24) is 24.7 Å². The molecule has 2 unspecified atom stereocenters. The lowest BCUT2D eigenvalue weighted by molar-refractivity contribution is -0.116. The zero-order valence-corrected chi connectivity index (χ0v) is 19.7. The maximum atomic E-state index is 13.2. The lowest BCUT2D eigenvalue weighted by Crippen LogP contribution is -2.54. The number of nitrogens with one attached hydrogen (secondary N) is 2. The Morgan fingerprint density at radius 3 is 2.36 bits per heavy atom. The largest absolute Gasteiger partial charge is 0.390 e. The summed E-state index contributed by atoms with van der Waals surface area (Å²) in [6.45, 7) is 6.61. The van der Waals surface area contributed by atoms with Crippen molar-refractivity contribution in [2.24, 2.45) is 0 Å². The minimum absolute atomic E-state index is 0.00714. The molecule has 2 bridgehead atoms. The first-order valence-electron chi connectivity index (χ1n) is 11.9. The standard InChI is InChI=1S/C24H35N5O4/c1-15(2)28-21-6-4-5-7-22(21)29(24(28)33)23(32)26-17-10-18-8-9-19(11-17)27(18)14-20(31)13-25-12-16(3)30/h4-7,15,17-20,25,31H,8-14H2,1-3H3,(H,26,32)/t17?,18?,19?,20-/m1/s1. The van der Waals surface area contributed by atoms with E-state index in [1.165, 1.54) is 11.5 Å². The third-order valence-corrected chi connectivity index (χ3v) is 6.89. The second-order valence-electron chi connectivity index (χ2n) is 9.76. The van der Waals surface area contributed by atoms with Crippen molar-refractivity contribution < 1.29 is 14.7 Å². The van der Waals surface area contributed by atoms with Gasteiger partial charge in [-0.2, -0.15) is 0 Å². The quantitative estimate of drug-likeness (QED) is 0.554. The van der Waals surface area contributed by atoms with Gasteiger partial charge in [0.05, 0.1) is 23.7 Å². The third-order valence-electron chi connectivity index (χ3n) is 6.89. The molecule has 2 aromatic rings. The molecule has 2 saturated heterocycles. The summed E-state index contributed by atoms with van der Waals surface area (Å²) in [5.41, 5.74) is 1.07. The number of ketones is 1. The highest BCUT2D eigenvalue weighted by Gasteiger charge is 2.41. The Balaban J connectivity index is 1.41. The third kappa shape index (κ3) is 4.90. The molecule has 1 aromatic carbocycles. The predicted octanol–water partition coefficient (Wildman–Crippen LogP) is 1.48. The van der Waals surface area contributed by atoms with Gasteiger partial charge in [0.15, 0.2) is 0 Å². The normalized spacial score (nSPS) is 23.8. The number of hydrogen-bond donors (Lipinski definition) is 3. The molecule has 0 saturated carbocycles. The molecule has 9 heteroatoms. The molecule has 0 radical (unpaired) electrons. The van der Waals surface area contributed by atoms with Crippen molar-refractivity contribution in [3.8, 4) is 0 Å². The zero-order valence-electron chi connectivity index (χ0n) is 19.7. The molecule has 180 valence electrons. The maximum absolute atomic E-state index is 13.2. The lowest BCUT2D eigenvalue weighted by atomic mass is 9.97. The van der Waals surface area contributed by atoms with Crippen molar-refractivity contribution in [3.05, 3.63) is 34.7 Å². The van der Waals surface area contributed by atoms with E-state index in [0.717, 1.165) is 31.2 Å². The number of piperidine rings is 1. The molecule has 4 rings (SSSR count). The number of aromatic nitrogens is 2. The van der Waals surface area contributed by atoms with E-state index in [-0.39, 0.29) is 36.1 Å². The Bertz CT molecular complexity index is 1060. The summed E-state index contributed by atoms with van der Waals surface area (Å²) in [5.74, 6) is 0.0504. The van der Waals surface area contributed by atoms with Crippen molar-refractivity contribution in [2.75, 3.05) is 19.6 Å². The number of benzene rings is 1. The molecule has 3 heterocycles. The Hall–Kier alpha value is -2.49. The topological polar surface area (TPSA) is 109 Å². The molecule has 1 amide bonds. The Morgan fingerprint density at radius 1 is 1.12 bits per heavy atom. The van der Waals surface area contributed by atoms with Crippen molar-refractivity contribution in [3.63, 3.8) is 0 Å². The second-order valence-corrected chi connectivity index (χ2v) is 9.76. The Morgan fingerprint density at radius 2 is 1.76 bits per heavy atom. The molecule has 3 N–H and O–H groups in total. The van der Waals surface area contributed by atoms with Crippen LogP contribution >= 0.6 is 0 Å². The van der Waals surface area contributed by atoms with Crippen LogP contribution in [0.3, 0.4) is 0 Å². The van der Waals surface area contributed by atoms with Crippen LogP contribution < -0.4 is 16.3 Å². The van der Waals surface area contributed by atoms with Crippen LogP contribution in [0.15, 0.2) is 29.1 Å². The van der Waals surface area contributed by atoms with Gasteiger partial charge in [0.2, 0.25) is 0 Å². The van der Waals surface area contributed by atoms with Gasteiger partial charge in [0.25, 0.3) is 0 Å². The number of aliphatic hydroxyl groups is 1. The van der Waals surface area contributed by atoms with Crippen LogP contribution in [-0.2, 0) is 4.79 Å². The molecule has 9 nitrogen and oxygen atoms in total. The number of amides is 1. The van der Waals surface area contributed by atoms with Crippen LogP contribution in [0.5, 0.6) is 0 Å². The average Bonchev–Trinajstić information content (AvgIpc) is 3.16. The van der Waals surface area contributed by atoms with Gasteiger partial charge in [-0.15, -0.1) is 0 Å². The monoisotopic (exact) mass is 457 g/mol. The van der Waals surface area contributed by atoms with Crippen molar-refractivity contribution in [1.29, 1.82) is 0 Å². The van der Waals surface area contributed by atoms with Crippen LogP contribution in [-0.4, -0.2) is 74.8 Å². The van der Waals surface area contributed by atoms with Crippen molar-refractivity contribution >= 4 is 22.8 Å². The molecule has 2 aliphatic heterocycles. The number of para-hydroxylation sites is 2. The van der Waals surface area contributed by atoms with E-state index in [1.807, 2.05) is 38.1 Å². The highest BCUT2D eigenvalue weighted by molar-refractivity contribution is 5.89. The highest BCUT2D eigenvalue weighted by Crippen LogP contribution is 2.35. The number of aliphatic hydroxyl groups excluding tert-OH is 1. The Labute approximate surface area is 193 Å². The van der Waals surface area contributed by atoms with Gasteiger partial charge in [-0.3, -0.25) is 14.3 Å². The van der Waals surface area contributed by atoms with E-state index in [0.29, 0.717) is 30.7 Å². The fourth-order valence-corrected chi connectivity index (χ4v) is 5.52. The molecular formula is C24H35N5O4. The number of nitrogens with zero attached hydrogens (tertiary/aromatic N) is 3. The zero-order chi connectivity index (χ0) is 23.7. The van der Waals surface area contributed by atoms with Gasteiger partial charge >= 0.3 is 11.7 Å². The number of hydrogen-bond acceptors (Lipinski definition) is 6. The molecule has 0 spiro atoms. The number of imidazole rings is 1. The second kappa shape index (κ2) is 9.79. The summed E-state index contributed by atoms with van der Waals surface area (Å²) in [5, 5.41) is 16.5. The molecule has 2 fully saturated rings. The van der Waals surface area contributed by atoms with Gasteiger partial charge < -0.3 is 15.7 Å². The summed E-state index contributed by atoms with van der Waals surface area (Å²) < 4.78 is 2.91. The predicted molar refractivity (Wildman–Crippen MR) is 127 cm³/mol. The van der Waals surface area contributed by atoms with Crippen molar-refractivity contribution in [2.45, 2.75) is 76.7 Å². The molecule has 3 atom stereocenters. The summed E-state index contributed by atoms with van der Waals surface area (Å²) in [6, 6.07) is 7.56. The van der Waals surface area contributed by atoms with Crippen LogP contribution in [0, 0.1) is 0 Å². The van der Waals surface area contributed by atoms with Crippen LogP contribution in [0.25, 0.3) is 11.0 Å². The molecule has 33 heavy (non-hydrogen) atoms. The minimum Gasteiger partial charge on any atom is -0.390 e. The fourth-order valence-electron chi connectivity index (χ4n) is 5.52. The highest BCUT2D eigenvalue weighted by atomic mass is 16.3. The fraction of sp³-hybridized carbons (Fsp3) is 0.625.